The maximum Gasteiger partial charge on any atom is 0.223 e. The first-order valence-electron chi connectivity index (χ1n) is 8.59. The second-order valence-electron chi connectivity index (χ2n) is 6.41. The molecule has 1 aliphatic rings. The maximum atomic E-state index is 13.9. The van der Waals surface area contributed by atoms with E-state index in [9.17, 15) is 13.6 Å². The number of aromatic nitrogens is 1. The lowest BCUT2D eigenvalue weighted by atomic mass is 10.0. The van der Waals surface area contributed by atoms with Crippen LogP contribution in [0, 0.1) is 11.6 Å². The van der Waals surface area contributed by atoms with Crippen molar-refractivity contribution in [1.82, 2.24) is 9.47 Å². The fraction of sp³-hybridized carbons (Fsp3) is 0.190. The van der Waals surface area contributed by atoms with Crippen molar-refractivity contribution >= 4 is 5.91 Å². The molecule has 0 bridgehead atoms. The largest absolute Gasteiger partial charge is 0.326 e. The van der Waals surface area contributed by atoms with E-state index in [-0.39, 0.29) is 5.91 Å². The number of benzene rings is 2. The SMILES string of the molecule is CCC(=O)N1Cc2ccccc2-n2cccc2C1c1cc(F)cc(F)c1. The van der Waals surface area contributed by atoms with Crippen molar-refractivity contribution in [1.29, 1.82) is 0 Å². The van der Waals surface area contributed by atoms with Gasteiger partial charge in [0.05, 0.1) is 11.7 Å². The second-order valence-corrected chi connectivity index (χ2v) is 6.41. The third-order valence-electron chi connectivity index (χ3n) is 4.79. The van der Waals surface area contributed by atoms with Gasteiger partial charge in [-0.05, 0) is 41.5 Å². The molecule has 1 aliphatic heterocycles. The zero-order valence-electron chi connectivity index (χ0n) is 14.3. The summed E-state index contributed by atoms with van der Waals surface area (Å²) in [7, 11) is 0. The van der Waals surface area contributed by atoms with Gasteiger partial charge in [-0.3, -0.25) is 4.79 Å². The third kappa shape index (κ3) is 2.69. The first-order valence-corrected chi connectivity index (χ1v) is 8.59. The zero-order chi connectivity index (χ0) is 18.3. The number of carbonyl (C=O) groups is 1. The standard InChI is InChI=1S/C21H18F2N2O/c1-2-20(26)25-13-14-6-3-4-7-18(14)24-9-5-8-19(24)21(25)15-10-16(22)12-17(23)11-15/h3-12,21H,2,13H2,1H3. The average molecular weight is 352 g/mol. The van der Waals surface area contributed by atoms with Crippen molar-refractivity contribution < 1.29 is 13.6 Å². The van der Waals surface area contributed by atoms with Crippen LogP contribution in [0.1, 0.15) is 36.2 Å². The molecule has 0 radical (unpaired) electrons. The molecule has 0 aliphatic carbocycles. The van der Waals surface area contributed by atoms with E-state index in [0.717, 1.165) is 23.0 Å². The molecular formula is C21H18F2N2O. The topological polar surface area (TPSA) is 25.2 Å². The first-order chi connectivity index (χ1) is 12.6. The Hall–Kier alpha value is -2.95. The quantitative estimate of drug-likeness (QED) is 0.662. The molecule has 0 N–H and O–H groups in total. The highest BCUT2D eigenvalue weighted by Crippen LogP contribution is 2.37. The smallest absolute Gasteiger partial charge is 0.223 e. The van der Waals surface area contributed by atoms with Crippen LogP contribution in [0.4, 0.5) is 8.78 Å². The van der Waals surface area contributed by atoms with Crippen molar-refractivity contribution in [3.63, 3.8) is 0 Å². The molecule has 1 aromatic heterocycles. The summed E-state index contributed by atoms with van der Waals surface area (Å²) < 4.78 is 29.8. The number of para-hydroxylation sites is 1. The van der Waals surface area contributed by atoms with E-state index in [1.54, 1.807) is 11.8 Å². The Balaban J connectivity index is 1.97. The van der Waals surface area contributed by atoms with Crippen LogP contribution in [0.5, 0.6) is 0 Å². The van der Waals surface area contributed by atoms with Gasteiger partial charge in [-0.1, -0.05) is 25.1 Å². The molecule has 1 amide bonds. The van der Waals surface area contributed by atoms with Crippen molar-refractivity contribution in [2.75, 3.05) is 0 Å². The summed E-state index contributed by atoms with van der Waals surface area (Å²) in [6, 6.07) is 14.5. The Morgan fingerprint density at radius 1 is 1.08 bits per heavy atom. The molecule has 3 nitrogen and oxygen atoms in total. The lowest BCUT2D eigenvalue weighted by Gasteiger charge is -2.30. The number of halogens is 2. The summed E-state index contributed by atoms with van der Waals surface area (Å²) in [5.41, 5.74) is 3.20. The van der Waals surface area contributed by atoms with Crippen LogP contribution in [0.15, 0.2) is 60.8 Å². The van der Waals surface area contributed by atoms with Crippen LogP contribution in [0.2, 0.25) is 0 Å². The molecule has 2 heterocycles. The summed E-state index contributed by atoms with van der Waals surface area (Å²) in [5, 5.41) is 0. The number of carbonyl (C=O) groups excluding carboxylic acids is 1. The van der Waals surface area contributed by atoms with Gasteiger partial charge in [-0.15, -0.1) is 0 Å². The average Bonchev–Trinajstić information content (AvgIpc) is 3.04. The fourth-order valence-electron chi connectivity index (χ4n) is 3.67. The van der Waals surface area contributed by atoms with E-state index in [1.165, 1.54) is 12.1 Å². The molecule has 1 unspecified atom stereocenters. The van der Waals surface area contributed by atoms with Crippen LogP contribution in [0.3, 0.4) is 0 Å². The molecule has 1 atom stereocenters. The molecule has 5 heteroatoms. The summed E-state index contributed by atoms with van der Waals surface area (Å²) >= 11 is 0. The van der Waals surface area contributed by atoms with Crippen LogP contribution in [0.25, 0.3) is 5.69 Å². The van der Waals surface area contributed by atoms with Crippen LogP contribution < -0.4 is 0 Å². The minimum absolute atomic E-state index is 0.0656. The summed E-state index contributed by atoms with van der Waals surface area (Å²) in [5.74, 6) is -1.36. The number of nitrogens with zero attached hydrogens (tertiary/aromatic N) is 2. The summed E-state index contributed by atoms with van der Waals surface area (Å²) in [6.45, 7) is 2.18. The predicted molar refractivity (Wildman–Crippen MR) is 94.8 cm³/mol. The molecule has 0 fully saturated rings. The number of rotatable bonds is 2. The number of hydrogen-bond donors (Lipinski definition) is 0. The van der Waals surface area contributed by atoms with Gasteiger partial charge in [-0.2, -0.15) is 0 Å². The van der Waals surface area contributed by atoms with Gasteiger partial charge in [-0.25, -0.2) is 8.78 Å². The van der Waals surface area contributed by atoms with Gasteiger partial charge < -0.3 is 9.47 Å². The van der Waals surface area contributed by atoms with E-state index < -0.39 is 17.7 Å². The zero-order valence-corrected chi connectivity index (χ0v) is 14.3. The Kier molecular flexibility index (Phi) is 4.07. The van der Waals surface area contributed by atoms with E-state index in [4.69, 9.17) is 0 Å². The van der Waals surface area contributed by atoms with Gasteiger partial charge >= 0.3 is 0 Å². The number of hydrogen-bond acceptors (Lipinski definition) is 1. The highest BCUT2D eigenvalue weighted by molar-refractivity contribution is 5.77. The van der Waals surface area contributed by atoms with Gasteiger partial charge in [0, 0.05) is 30.9 Å². The Morgan fingerprint density at radius 2 is 1.81 bits per heavy atom. The van der Waals surface area contributed by atoms with Gasteiger partial charge in [0.1, 0.15) is 11.6 Å². The normalized spacial score (nSPS) is 16.0. The lowest BCUT2D eigenvalue weighted by molar-refractivity contribution is -0.133. The monoisotopic (exact) mass is 352 g/mol. The van der Waals surface area contributed by atoms with E-state index in [0.29, 0.717) is 18.5 Å². The minimum Gasteiger partial charge on any atom is -0.326 e. The predicted octanol–water partition coefficient (Wildman–Crippen LogP) is 4.60. The number of fused-ring (bicyclic) bond motifs is 3. The van der Waals surface area contributed by atoms with Crippen molar-refractivity contribution in [3.8, 4) is 5.69 Å². The molecule has 3 aromatic rings. The van der Waals surface area contributed by atoms with Crippen molar-refractivity contribution in [3.05, 3.63) is 89.2 Å². The lowest BCUT2D eigenvalue weighted by Crippen LogP contribution is -2.34. The first kappa shape index (κ1) is 16.5. The van der Waals surface area contributed by atoms with Crippen LogP contribution in [-0.4, -0.2) is 15.4 Å². The van der Waals surface area contributed by atoms with E-state index in [1.807, 2.05) is 47.2 Å². The molecule has 0 saturated heterocycles. The Morgan fingerprint density at radius 3 is 2.54 bits per heavy atom. The van der Waals surface area contributed by atoms with E-state index in [2.05, 4.69) is 0 Å². The Bertz CT molecular complexity index is 959. The summed E-state index contributed by atoms with van der Waals surface area (Å²) in [6.07, 6.45) is 2.23. The van der Waals surface area contributed by atoms with Crippen LogP contribution >= 0.6 is 0 Å². The maximum absolute atomic E-state index is 13.9. The molecule has 0 saturated carbocycles. The molecule has 0 spiro atoms. The van der Waals surface area contributed by atoms with Gasteiger partial charge in [0.15, 0.2) is 0 Å². The summed E-state index contributed by atoms with van der Waals surface area (Å²) in [4.78, 5) is 14.4. The van der Waals surface area contributed by atoms with Crippen molar-refractivity contribution in [2.45, 2.75) is 25.9 Å². The highest BCUT2D eigenvalue weighted by atomic mass is 19.1. The van der Waals surface area contributed by atoms with Crippen molar-refractivity contribution in [2.24, 2.45) is 0 Å². The molecule has 4 rings (SSSR count). The molecule has 132 valence electrons. The van der Waals surface area contributed by atoms with Crippen LogP contribution in [-0.2, 0) is 11.3 Å². The fourth-order valence-corrected chi connectivity index (χ4v) is 3.67. The highest BCUT2D eigenvalue weighted by Gasteiger charge is 2.32. The van der Waals surface area contributed by atoms with E-state index >= 15 is 0 Å². The molecule has 2 aromatic carbocycles. The molecular weight excluding hydrogens is 334 g/mol. The molecule has 26 heavy (non-hydrogen) atoms. The Labute approximate surface area is 150 Å². The second kappa shape index (κ2) is 6.41. The van der Waals surface area contributed by atoms with Gasteiger partial charge in [0.2, 0.25) is 5.91 Å². The third-order valence-corrected chi connectivity index (χ3v) is 4.79. The number of amides is 1. The minimum atomic E-state index is -0.649. The van der Waals surface area contributed by atoms with Gasteiger partial charge in [0.25, 0.3) is 0 Å².